The van der Waals surface area contributed by atoms with E-state index in [0.717, 1.165) is 53.9 Å². The number of ketones is 1. The summed E-state index contributed by atoms with van der Waals surface area (Å²) in [5.41, 5.74) is 2.08. The standard InChI is InChI=1S/C24H23N3OS/c28-23(22-11-3-7-18-6-1-2-10-21(18)22)19-8-4-13-26(16-19)17-20-9-5-14-27(20)24-25-12-15-29-24/h1-3,5-7,9-12,14-15,19H,4,8,13,16-17H2. The zero-order chi connectivity index (χ0) is 19.6. The molecule has 5 rings (SSSR count). The molecule has 4 aromatic rings. The molecule has 1 aliphatic heterocycles. The molecule has 146 valence electrons. The minimum absolute atomic E-state index is 0.0535. The summed E-state index contributed by atoms with van der Waals surface area (Å²) in [6.45, 7) is 2.68. The molecule has 3 heterocycles. The van der Waals surface area contributed by atoms with Gasteiger partial charge in [-0.25, -0.2) is 4.98 Å². The van der Waals surface area contributed by atoms with Gasteiger partial charge in [0.25, 0.3) is 0 Å². The average molecular weight is 402 g/mol. The van der Waals surface area contributed by atoms with Gasteiger partial charge in [-0.1, -0.05) is 42.5 Å². The summed E-state index contributed by atoms with van der Waals surface area (Å²) in [4.78, 5) is 20.2. The minimum atomic E-state index is 0.0535. The Labute approximate surface area is 174 Å². The molecule has 1 saturated heterocycles. The van der Waals surface area contributed by atoms with E-state index in [1.54, 1.807) is 11.3 Å². The van der Waals surface area contributed by atoms with Crippen molar-refractivity contribution < 1.29 is 4.79 Å². The highest BCUT2D eigenvalue weighted by Crippen LogP contribution is 2.27. The molecule has 1 fully saturated rings. The number of piperidine rings is 1. The average Bonchev–Trinajstić information content (AvgIpc) is 3.45. The van der Waals surface area contributed by atoms with E-state index in [2.05, 4.69) is 51.0 Å². The largest absolute Gasteiger partial charge is 0.297 e. The molecular formula is C24H23N3OS. The van der Waals surface area contributed by atoms with Crippen LogP contribution in [0.3, 0.4) is 0 Å². The van der Waals surface area contributed by atoms with Crippen LogP contribution in [0.1, 0.15) is 28.9 Å². The summed E-state index contributed by atoms with van der Waals surface area (Å²) in [5, 5.41) is 5.19. The summed E-state index contributed by atoms with van der Waals surface area (Å²) in [7, 11) is 0. The topological polar surface area (TPSA) is 38.1 Å². The predicted molar refractivity (Wildman–Crippen MR) is 118 cm³/mol. The van der Waals surface area contributed by atoms with Gasteiger partial charge in [-0.05, 0) is 42.3 Å². The lowest BCUT2D eigenvalue weighted by atomic mass is 9.88. The van der Waals surface area contributed by atoms with Crippen LogP contribution in [0.15, 0.2) is 72.4 Å². The number of aromatic nitrogens is 2. The van der Waals surface area contributed by atoms with Gasteiger partial charge in [0.2, 0.25) is 0 Å². The number of nitrogens with zero attached hydrogens (tertiary/aromatic N) is 3. The highest BCUT2D eigenvalue weighted by Gasteiger charge is 2.28. The minimum Gasteiger partial charge on any atom is -0.297 e. The van der Waals surface area contributed by atoms with Crippen molar-refractivity contribution in [1.82, 2.24) is 14.5 Å². The fourth-order valence-corrected chi connectivity index (χ4v) is 5.03. The van der Waals surface area contributed by atoms with Gasteiger partial charge in [-0.15, -0.1) is 11.3 Å². The number of Topliss-reactive ketones (excluding diaryl/α,β-unsaturated/α-hetero) is 1. The first-order valence-corrected chi connectivity index (χ1v) is 11.0. The molecular weight excluding hydrogens is 378 g/mol. The van der Waals surface area contributed by atoms with Crippen molar-refractivity contribution in [3.8, 4) is 5.13 Å². The van der Waals surface area contributed by atoms with E-state index >= 15 is 0 Å². The van der Waals surface area contributed by atoms with Crippen molar-refractivity contribution >= 4 is 27.9 Å². The SMILES string of the molecule is O=C(c1cccc2ccccc12)C1CCCN(Cc2cccn2-c2nccs2)C1. The lowest BCUT2D eigenvalue weighted by Gasteiger charge is -2.32. The molecule has 0 N–H and O–H groups in total. The number of carbonyl (C=O) groups is 1. The van der Waals surface area contributed by atoms with E-state index in [-0.39, 0.29) is 11.7 Å². The maximum Gasteiger partial charge on any atom is 0.193 e. The Bertz CT molecular complexity index is 1130. The first-order chi connectivity index (χ1) is 14.3. The number of carbonyl (C=O) groups excluding carboxylic acids is 1. The zero-order valence-corrected chi connectivity index (χ0v) is 17.0. The molecule has 0 amide bonds. The van der Waals surface area contributed by atoms with Gasteiger partial charge in [0.1, 0.15) is 0 Å². The molecule has 0 radical (unpaired) electrons. The van der Waals surface area contributed by atoms with Crippen LogP contribution in [0.4, 0.5) is 0 Å². The second kappa shape index (κ2) is 7.93. The lowest BCUT2D eigenvalue weighted by molar-refractivity contribution is 0.0811. The van der Waals surface area contributed by atoms with Gasteiger partial charge in [-0.3, -0.25) is 14.3 Å². The van der Waals surface area contributed by atoms with Crippen molar-refractivity contribution in [1.29, 1.82) is 0 Å². The van der Waals surface area contributed by atoms with Gasteiger partial charge in [0, 0.05) is 48.0 Å². The Morgan fingerprint density at radius 2 is 2.00 bits per heavy atom. The van der Waals surface area contributed by atoms with Gasteiger partial charge >= 0.3 is 0 Å². The molecule has 2 aromatic heterocycles. The molecule has 5 heteroatoms. The smallest absolute Gasteiger partial charge is 0.193 e. The monoisotopic (exact) mass is 401 g/mol. The highest BCUT2D eigenvalue weighted by atomic mass is 32.1. The second-order valence-electron chi connectivity index (χ2n) is 7.65. The van der Waals surface area contributed by atoms with Crippen LogP contribution < -0.4 is 0 Å². The van der Waals surface area contributed by atoms with Crippen molar-refractivity contribution in [2.45, 2.75) is 19.4 Å². The fourth-order valence-electron chi connectivity index (χ4n) is 4.37. The van der Waals surface area contributed by atoms with Gasteiger partial charge in [0.15, 0.2) is 10.9 Å². The molecule has 0 bridgehead atoms. The number of hydrogen-bond acceptors (Lipinski definition) is 4. The zero-order valence-electron chi connectivity index (χ0n) is 16.2. The van der Waals surface area contributed by atoms with Crippen LogP contribution >= 0.6 is 11.3 Å². The third-order valence-corrected chi connectivity index (χ3v) is 6.55. The molecule has 0 saturated carbocycles. The highest BCUT2D eigenvalue weighted by molar-refractivity contribution is 7.12. The number of likely N-dealkylation sites (tertiary alicyclic amines) is 1. The molecule has 0 aliphatic carbocycles. The van der Waals surface area contributed by atoms with E-state index in [0.29, 0.717) is 0 Å². The molecule has 1 aliphatic rings. The van der Waals surface area contributed by atoms with Crippen LogP contribution in [0.5, 0.6) is 0 Å². The van der Waals surface area contributed by atoms with Gasteiger partial charge in [0.05, 0.1) is 0 Å². The van der Waals surface area contributed by atoms with Crippen LogP contribution in [-0.2, 0) is 6.54 Å². The summed E-state index contributed by atoms with van der Waals surface area (Å²) in [6.07, 6.45) is 5.92. The maximum absolute atomic E-state index is 13.4. The molecule has 29 heavy (non-hydrogen) atoms. The summed E-state index contributed by atoms with van der Waals surface area (Å²) in [5.74, 6) is 0.333. The third kappa shape index (κ3) is 3.63. The van der Waals surface area contributed by atoms with E-state index in [1.165, 1.54) is 5.69 Å². The molecule has 1 unspecified atom stereocenters. The fraction of sp³-hybridized carbons (Fsp3) is 0.250. The number of benzene rings is 2. The van der Waals surface area contributed by atoms with E-state index in [4.69, 9.17) is 0 Å². The van der Waals surface area contributed by atoms with Crippen LogP contribution in [0.25, 0.3) is 15.9 Å². The Morgan fingerprint density at radius 3 is 2.90 bits per heavy atom. The predicted octanol–water partition coefficient (Wildman–Crippen LogP) is 5.18. The Kier molecular flexibility index (Phi) is 5.00. The number of rotatable bonds is 5. The lowest BCUT2D eigenvalue weighted by Crippen LogP contribution is -2.38. The number of hydrogen-bond donors (Lipinski definition) is 0. The van der Waals surface area contributed by atoms with E-state index in [9.17, 15) is 4.79 Å². The van der Waals surface area contributed by atoms with Crippen LogP contribution in [-0.4, -0.2) is 33.3 Å². The van der Waals surface area contributed by atoms with Crippen molar-refractivity contribution in [3.63, 3.8) is 0 Å². The van der Waals surface area contributed by atoms with Crippen molar-refractivity contribution in [2.75, 3.05) is 13.1 Å². The second-order valence-corrected chi connectivity index (χ2v) is 8.52. The van der Waals surface area contributed by atoms with Crippen LogP contribution in [0.2, 0.25) is 0 Å². The van der Waals surface area contributed by atoms with E-state index < -0.39 is 0 Å². The Balaban J connectivity index is 1.35. The maximum atomic E-state index is 13.4. The summed E-state index contributed by atoms with van der Waals surface area (Å²) < 4.78 is 2.15. The van der Waals surface area contributed by atoms with Gasteiger partial charge < -0.3 is 0 Å². The first-order valence-electron chi connectivity index (χ1n) is 10.1. The Hall–Kier alpha value is -2.76. The molecule has 1 atom stereocenters. The van der Waals surface area contributed by atoms with Crippen LogP contribution in [0, 0.1) is 5.92 Å². The van der Waals surface area contributed by atoms with Gasteiger partial charge in [-0.2, -0.15) is 0 Å². The normalized spacial score (nSPS) is 17.6. The molecule has 4 nitrogen and oxygen atoms in total. The molecule has 2 aromatic carbocycles. The quantitative estimate of drug-likeness (QED) is 0.432. The van der Waals surface area contributed by atoms with Crippen molar-refractivity contribution in [2.24, 2.45) is 5.92 Å². The Morgan fingerprint density at radius 1 is 1.10 bits per heavy atom. The summed E-state index contributed by atoms with van der Waals surface area (Å²) in [6, 6.07) is 18.4. The molecule has 0 spiro atoms. The van der Waals surface area contributed by atoms with E-state index in [1.807, 2.05) is 35.8 Å². The third-order valence-electron chi connectivity index (χ3n) is 5.78. The number of fused-ring (bicyclic) bond motifs is 1. The first kappa shape index (κ1) is 18.3. The summed E-state index contributed by atoms with van der Waals surface area (Å²) >= 11 is 1.64. The number of thiazole rings is 1. The van der Waals surface area contributed by atoms with Crippen molar-refractivity contribution in [3.05, 3.63) is 83.6 Å².